The fourth-order valence-corrected chi connectivity index (χ4v) is 4.78. The van der Waals surface area contributed by atoms with Crippen LogP contribution >= 0.6 is 22.7 Å². The van der Waals surface area contributed by atoms with E-state index in [-0.39, 0.29) is 5.91 Å². The zero-order valence-corrected chi connectivity index (χ0v) is 13.6. The van der Waals surface area contributed by atoms with Crippen LogP contribution in [0.4, 0.5) is 5.13 Å². The van der Waals surface area contributed by atoms with Crippen LogP contribution in [-0.4, -0.2) is 10.9 Å². The molecule has 3 nitrogen and oxygen atoms in total. The monoisotopic (exact) mass is 318 g/mol. The Balaban J connectivity index is 1.49. The van der Waals surface area contributed by atoms with Crippen LogP contribution in [0.3, 0.4) is 0 Å². The lowest BCUT2D eigenvalue weighted by Crippen LogP contribution is -2.10. The molecule has 110 valence electrons. The number of anilines is 1. The quantitative estimate of drug-likeness (QED) is 0.908. The van der Waals surface area contributed by atoms with Crippen molar-refractivity contribution in [2.24, 2.45) is 5.92 Å². The van der Waals surface area contributed by atoms with Crippen LogP contribution in [0.5, 0.6) is 0 Å². The number of hydrogen-bond donors (Lipinski definition) is 1. The molecule has 0 aliphatic heterocycles. The van der Waals surface area contributed by atoms with Crippen molar-refractivity contribution < 1.29 is 4.79 Å². The van der Waals surface area contributed by atoms with Crippen LogP contribution in [0, 0.1) is 5.92 Å². The minimum absolute atomic E-state index is 0.00116. The maximum Gasteiger partial charge on any atom is 0.267 e. The molecule has 21 heavy (non-hydrogen) atoms. The minimum atomic E-state index is -0.00116. The van der Waals surface area contributed by atoms with E-state index in [4.69, 9.17) is 0 Å². The number of hydrogen-bond acceptors (Lipinski definition) is 4. The first-order chi connectivity index (χ1) is 10.2. The molecule has 1 amide bonds. The molecule has 1 N–H and O–H groups in total. The topological polar surface area (TPSA) is 42.0 Å². The van der Waals surface area contributed by atoms with Gasteiger partial charge in [-0.05, 0) is 49.7 Å². The van der Waals surface area contributed by atoms with Gasteiger partial charge < -0.3 is 0 Å². The van der Waals surface area contributed by atoms with E-state index in [1.165, 1.54) is 41.0 Å². The van der Waals surface area contributed by atoms with Crippen LogP contribution in [0.15, 0.2) is 11.4 Å². The first-order valence-electron chi connectivity index (χ1n) is 7.57. The van der Waals surface area contributed by atoms with Crippen molar-refractivity contribution in [3.8, 4) is 0 Å². The highest BCUT2D eigenvalue weighted by molar-refractivity contribution is 7.15. The second-order valence-electron chi connectivity index (χ2n) is 6.21. The third-order valence-corrected chi connectivity index (χ3v) is 6.30. The molecule has 1 saturated carbocycles. The number of carbonyl (C=O) groups excluding carboxylic acids is 1. The van der Waals surface area contributed by atoms with Gasteiger partial charge in [-0.2, -0.15) is 0 Å². The first-order valence-corrected chi connectivity index (χ1v) is 9.27. The molecule has 2 aliphatic rings. The van der Waals surface area contributed by atoms with Gasteiger partial charge in [-0.3, -0.25) is 10.1 Å². The fraction of sp³-hybridized carbons (Fsp3) is 0.500. The molecule has 0 radical (unpaired) electrons. The number of thiazole rings is 1. The largest absolute Gasteiger partial charge is 0.297 e. The predicted molar refractivity (Wildman–Crippen MR) is 87.6 cm³/mol. The van der Waals surface area contributed by atoms with Crippen molar-refractivity contribution in [1.82, 2.24) is 4.98 Å². The zero-order valence-electron chi connectivity index (χ0n) is 12.0. The lowest BCUT2D eigenvalue weighted by atomic mass is 9.90. The summed E-state index contributed by atoms with van der Waals surface area (Å²) in [5.41, 5.74) is 2.52. The Kier molecular flexibility index (Phi) is 3.34. The molecule has 1 unspecified atom stereocenters. The van der Waals surface area contributed by atoms with Crippen molar-refractivity contribution in [3.63, 3.8) is 0 Å². The van der Waals surface area contributed by atoms with Gasteiger partial charge in [-0.1, -0.05) is 6.92 Å². The summed E-state index contributed by atoms with van der Waals surface area (Å²) in [6.07, 6.45) is 5.96. The smallest absolute Gasteiger partial charge is 0.267 e. The zero-order chi connectivity index (χ0) is 14.4. The highest BCUT2D eigenvalue weighted by Crippen LogP contribution is 2.41. The number of fused-ring (bicyclic) bond motifs is 1. The Labute approximate surface area is 132 Å². The highest BCUT2D eigenvalue weighted by Gasteiger charge is 2.26. The predicted octanol–water partition coefficient (Wildman–Crippen LogP) is 4.46. The number of aromatic nitrogens is 1. The Morgan fingerprint density at radius 3 is 3.05 bits per heavy atom. The van der Waals surface area contributed by atoms with Gasteiger partial charge in [0.05, 0.1) is 10.6 Å². The first kappa shape index (κ1) is 13.5. The lowest BCUT2D eigenvalue weighted by Gasteiger charge is -2.16. The molecular formula is C16H18N2OS2. The number of nitrogens with zero attached hydrogens (tertiary/aromatic N) is 1. The molecule has 4 rings (SSSR count). The minimum Gasteiger partial charge on any atom is -0.297 e. The van der Waals surface area contributed by atoms with Gasteiger partial charge in [0.25, 0.3) is 5.91 Å². The van der Waals surface area contributed by atoms with Gasteiger partial charge in [-0.25, -0.2) is 4.98 Å². The van der Waals surface area contributed by atoms with Crippen LogP contribution < -0.4 is 5.32 Å². The van der Waals surface area contributed by atoms with Gasteiger partial charge in [0.15, 0.2) is 5.13 Å². The SMILES string of the molecule is CC1CCc2sc(C(=O)Nc3nc(C4CC4)cs3)cc2C1. The normalized spacial score (nSPS) is 21.1. The van der Waals surface area contributed by atoms with E-state index in [1.807, 2.05) is 0 Å². The van der Waals surface area contributed by atoms with Gasteiger partial charge >= 0.3 is 0 Å². The Morgan fingerprint density at radius 2 is 2.24 bits per heavy atom. The standard InChI is InChI=1S/C16H18N2OS2/c1-9-2-5-13-11(6-9)7-14(21-13)15(19)18-16-17-12(8-20-16)10-3-4-10/h7-10H,2-6H2,1H3,(H,17,18,19). The molecule has 0 bridgehead atoms. The van der Waals surface area contributed by atoms with E-state index < -0.39 is 0 Å². The number of aryl methyl sites for hydroxylation is 1. The van der Waals surface area contributed by atoms with Crippen molar-refractivity contribution in [3.05, 3.63) is 32.5 Å². The third-order valence-electron chi connectivity index (χ3n) is 4.29. The van der Waals surface area contributed by atoms with Crippen LogP contribution in [0.2, 0.25) is 0 Å². The van der Waals surface area contributed by atoms with Gasteiger partial charge in [0.2, 0.25) is 0 Å². The molecule has 2 heterocycles. The number of carbonyl (C=O) groups is 1. The van der Waals surface area contributed by atoms with E-state index in [0.29, 0.717) is 5.92 Å². The number of rotatable bonds is 3. The summed E-state index contributed by atoms with van der Waals surface area (Å²) in [6.45, 7) is 2.29. The molecule has 2 aliphatic carbocycles. The van der Waals surface area contributed by atoms with E-state index in [9.17, 15) is 4.79 Å². The van der Waals surface area contributed by atoms with Crippen LogP contribution in [-0.2, 0) is 12.8 Å². The van der Waals surface area contributed by atoms with Crippen molar-refractivity contribution >= 4 is 33.7 Å². The Hall–Kier alpha value is -1.20. The molecule has 1 fully saturated rings. The molecule has 0 saturated heterocycles. The summed E-state index contributed by atoms with van der Waals surface area (Å²) >= 11 is 3.19. The molecule has 1 atom stereocenters. The van der Waals surface area contributed by atoms with Gasteiger partial charge in [0.1, 0.15) is 0 Å². The average Bonchev–Trinajstić information content (AvgIpc) is 3.06. The Bertz CT molecular complexity index is 684. The van der Waals surface area contributed by atoms with Crippen molar-refractivity contribution in [2.75, 3.05) is 5.32 Å². The Morgan fingerprint density at radius 1 is 1.38 bits per heavy atom. The molecule has 0 spiro atoms. The molecular weight excluding hydrogens is 300 g/mol. The summed E-state index contributed by atoms with van der Waals surface area (Å²) in [5, 5.41) is 5.78. The molecule has 2 aromatic rings. The second-order valence-corrected chi connectivity index (χ2v) is 8.21. The average molecular weight is 318 g/mol. The summed E-state index contributed by atoms with van der Waals surface area (Å²) in [7, 11) is 0. The molecule has 5 heteroatoms. The van der Waals surface area contributed by atoms with Gasteiger partial charge in [0, 0.05) is 16.2 Å². The summed E-state index contributed by atoms with van der Waals surface area (Å²) in [4.78, 5) is 19.1. The summed E-state index contributed by atoms with van der Waals surface area (Å²) in [6, 6.07) is 2.08. The molecule has 2 aromatic heterocycles. The van der Waals surface area contributed by atoms with E-state index in [2.05, 4.69) is 28.7 Å². The van der Waals surface area contributed by atoms with Crippen LogP contribution in [0.25, 0.3) is 0 Å². The second kappa shape index (κ2) is 5.21. The highest BCUT2D eigenvalue weighted by atomic mass is 32.1. The lowest BCUT2D eigenvalue weighted by molar-refractivity contribution is 0.103. The summed E-state index contributed by atoms with van der Waals surface area (Å²) < 4.78 is 0. The number of thiophene rings is 1. The maximum atomic E-state index is 12.4. The van der Waals surface area contributed by atoms with E-state index >= 15 is 0 Å². The van der Waals surface area contributed by atoms with Crippen LogP contribution in [0.1, 0.15) is 57.9 Å². The van der Waals surface area contributed by atoms with E-state index in [0.717, 1.165) is 34.5 Å². The van der Waals surface area contributed by atoms with Crippen molar-refractivity contribution in [1.29, 1.82) is 0 Å². The van der Waals surface area contributed by atoms with Gasteiger partial charge in [-0.15, -0.1) is 22.7 Å². The third kappa shape index (κ3) is 2.77. The van der Waals surface area contributed by atoms with Crippen molar-refractivity contribution in [2.45, 2.75) is 44.9 Å². The van der Waals surface area contributed by atoms with E-state index in [1.54, 1.807) is 11.3 Å². The number of nitrogens with one attached hydrogen (secondary N) is 1. The maximum absolute atomic E-state index is 12.4. The fourth-order valence-electron chi connectivity index (χ4n) is 2.89. The number of amides is 1. The molecule has 0 aromatic carbocycles. The summed E-state index contributed by atoms with van der Waals surface area (Å²) in [5.74, 6) is 1.38.